The van der Waals surface area contributed by atoms with E-state index in [1.807, 2.05) is 6.92 Å². The SMILES string of the molecule is CCCCOC(=O)OC(=O)O.O=C(O)O.[H-].[H-].[Na+].[Na+]. The van der Waals surface area contributed by atoms with Crippen molar-refractivity contribution in [2.45, 2.75) is 19.8 Å². The van der Waals surface area contributed by atoms with Crippen LogP contribution in [0.25, 0.3) is 0 Å². The van der Waals surface area contributed by atoms with E-state index in [1.165, 1.54) is 0 Å². The first kappa shape index (κ1) is 25.8. The maximum atomic E-state index is 10.3. The molecule has 0 atom stereocenters. The van der Waals surface area contributed by atoms with Crippen molar-refractivity contribution in [2.24, 2.45) is 0 Å². The third-order valence-electron chi connectivity index (χ3n) is 0.888. The van der Waals surface area contributed by atoms with Gasteiger partial charge in [0.05, 0.1) is 6.61 Å². The zero-order valence-corrected chi connectivity index (χ0v) is 14.0. The number of ether oxygens (including phenoxy) is 2. The topological polar surface area (TPSA) is 130 Å². The molecule has 0 aromatic carbocycles. The minimum absolute atomic E-state index is 0. The summed E-state index contributed by atoms with van der Waals surface area (Å²) >= 11 is 0. The summed E-state index contributed by atoms with van der Waals surface area (Å²) in [7, 11) is 0. The zero-order valence-electron chi connectivity index (χ0n) is 12.0. The van der Waals surface area contributed by atoms with Gasteiger partial charge in [-0.2, -0.15) is 0 Å². The first-order chi connectivity index (χ1) is 6.90. The summed E-state index contributed by atoms with van der Waals surface area (Å²) in [6, 6.07) is 0. The molecule has 0 unspecified atom stereocenters. The maximum Gasteiger partial charge on any atom is 1.00 e. The Morgan fingerprint density at radius 3 is 1.82 bits per heavy atom. The van der Waals surface area contributed by atoms with Crippen LogP contribution in [0.2, 0.25) is 0 Å². The molecule has 0 aromatic heterocycles. The molecule has 0 aliphatic heterocycles. The fourth-order valence-electron chi connectivity index (χ4n) is 0.401. The predicted octanol–water partition coefficient (Wildman–Crippen LogP) is -3.93. The summed E-state index contributed by atoms with van der Waals surface area (Å²) in [5.74, 6) is 0. The smallest absolute Gasteiger partial charge is 1.00 e. The van der Waals surface area contributed by atoms with Gasteiger partial charge in [0.15, 0.2) is 0 Å². The quantitative estimate of drug-likeness (QED) is 0.205. The van der Waals surface area contributed by atoms with E-state index in [0.717, 1.165) is 6.42 Å². The molecule has 0 aromatic rings. The molecule has 0 rings (SSSR count). The van der Waals surface area contributed by atoms with Crippen LogP contribution in [0.3, 0.4) is 0 Å². The molecule has 0 saturated carbocycles. The molecular formula is C7H14Na2O8. The summed E-state index contributed by atoms with van der Waals surface area (Å²) < 4.78 is 8.00. The van der Waals surface area contributed by atoms with Crippen LogP contribution < -0.4 is 59.1 Å². The summed E-state index contributed by atoms with van der Waals surface area (Å²) in [6.45, 7) is 2.12. The van der Waals surface area contributed by atoms with Gasteiger partial charge in [-0.1, -0.05) is 13.3 Å². The van der Waals surface area contributed by atoms with Crippen LogP contribution in [0.5, 0.6) is 0 Å². The van der Waals surface area contributed by atoms with Crippen LogP contribution in [-0.2, 0) is 9.47 Å². The molecule has 0 aliphatic carbocycles. The van der Waals surface area contributed by atoms with Crippen molar-refractivity contribution >= 4 is 18.5 Å². The van der Waals surface area contributed by atoms with E-state index in [4.69, 9.17) is 20.1 Å². The summed E-state index contributed by atoms with van der Waals surface area (Å²) in [5.41, 5.74) is 0. The molecule has 17 heavy (non-hydrogen) atoms. The van der Waals surface area contributed by atoms with Crippen LogP contribution in [0.1, 0.15) is 22.6 Å². The Kier molecular flexibility index (Phi) is 27.8. The van der Waals surface area contributed by atoms with E-state index in [9.17, 15) is 9.59 Å². The fourth-order valence-corrected chi connectivity index (χ4v) is 0.401. The third kappa shape index (κ3) is 38.7. The Balaban J connectivity index is -0.0000000471. The molecule has 8 nitrogen and oxygen atoms in total. The summed E-state index contributed by atoms with van der Waals surface area (Å²) in [4.78, 5) is 28.6. The largest absolute Gasteiger partial charge is 1.00 e. The number of carbonyl (C=O) groups is 3. The molecule has 0 amide bonds. The van der Waals surface area contributed by atoms with Gasteiger partial charge < -0.3 is 27.6 Å². The number of unbranched alkanes of at least 4 members (excludes halogenated alkanes) is 1. The van der Waals surface area contributed by atoms with Gasteiger partial charge in [-0.15, -0.1) is 0 Å². The van der Waals surface area contributed by atoms with E-state index in [1.54, 1.807) is 0 Å². The van der Waals surface area contributed by atoms with Crippen LogP contribution in [0.4, 0.5) is 14.4 Å². The summed E-state index contributed by atoms with van der Waals surface area (Å²) in [6.07, 6.45) is -3.06. The normalized spacial score (nSPS) is 7.12. The van der Waals surface area contributed by atoms with Crippen molar-refractivity contribution in [1.82, 2.24) is 0 Å². The molecule has 0 saturated heterocycles. The Morgan fingerprint density at radius 2 is 1.53 bits per heavy atom. The summed E-state index contributed by atoms with van der Waals surface area (Å²) in [5, 5.41) is 21.9. The van der Waals surface area contributed by atoms with Crippen LogP contribution in [-0.4, -0.2) is 40.4 Å². The van der Waals surface area contributed by atoms with E-state index < -0.39 is 18.5 Å². The Hall–Kier alpha value is 0.0100. The van der Waals surface area contributed by atoms with Crippen LogP contribution in [0, 0.1) is 0 Å². The van der Waals surface area contributed by atoms with Crippen molar-refractivity contribution in [3.05, 3.63) is 0 Å². The first-order valence-corrected chi connectivity index (χ1v) is 3.89. The average molecular weight is 272 g/mol. The molecule has 0 bridgehead atoms. The monoisotopic (exact) mass is 272 g/mol. The van der Waals surface area contributed by atoms with Gasteiger partial charge in [0.1, 0.15) is 0 Å². The minimum Gasteiger partial charge on any atom is -1.00 e. The second kappa shape index (κ2) is 18.4. The molecule has 0 radical (unpaired) electrons. The van der Waals surface area contributed by atoms with Crippen molar-refractivity contribution < 1.29 is 101 Å². The van der Waals surface area contributed by atoms with Crippen molar-refractivity contribution in [3.8, 4) is 0 Å². The molecule has 3 N–H and O–H groups in total. The van der Waals surface area contributed by atoms with Gasteiger partial charge >= 0.3 is 77.6 Å². The molecule has 0 heterocycles. The van der Waals surface area contributed by atoms with Crippen molar-refractivity contribution in [2.75, 3.05) is 6.61 Å². The van der Waals surface area contributed by atoms with Crippen molar-refractivity contribution in [3.63, 3.8) is 0 Å². The Bertz CT molecular complexity index is 225. The molecule has 0 spiro atoms. The number of rotatable bonds is 3. The van der Waals surface area contributed by atoms with Gasteiger partial charge in [-0.3, -0.25) is 0 Å². The molecule has 92 valence electrons. The minimum atomic E-state index is -1.83. The predicted molar refractivity (Wildman–Crippen MR) is 48.2 cm³/mol. The number of carboxylic acid groups (broad SMARTS) is 3. The Labute approximate surface area is 145 Å². The number of hydrogen-bond acceptors (Lipinski definition) is 5. The van der Waals surface area contributed by atoms with Gasteiger partial charge in [0, 0.05) is 0 Å². The van der Waals surface area contributed by atoms with Gasteiger partial charge in [-0.25, -0.2) is 14.4 Å². The maximum absolute atomic E-state index is 10.3. The molecule has 0 aliphatic rings. The molecule has 10 heteroatoms. The molecular weight excluding hydrogens is 258 g/mol. The number of hydrogen-bond donors (Lipinski definition) is 3. The molecule has 0 fully saturated rings. The standard InChI is InChI=1S/C6H10O5.CH2O3.2Na.2H/c1-2-3-4-10-6(9)11-5(7)8;2-1(3)4;;;;/h2-4H2,1H3,(H,7,8);(H2,2,3,4);;;;/q;;2*+1;2*-1. The average Bonchev–Trinajstić information content (AvgIpc) is 2.02. The van der Waals surface area contributed by atoms with E-state index in [-0.39, 0.29) is 68.6 Å². The first-order valence-electron chi connectivity index (χ1n) is 3.89. The number of carbonyl (C=O) groups excluding carboxylic acids is 1. The van der Waals surface area contributed by atoms with Crippen LogP contribution >= 0.6 is 0 Å². The van der Waals surface area contributed by atoms with Crippen LogP contribution in [0.15, 0.2) is 0 Å². The zero-order chi connectivity index (χ0) is 12.3. The van der Waals surface area contributed by atoms with Crippen molar-refractivity contribution in [1.29, 1.82) is 0 Å². The third-order valence-corrected chi connectivity index (χ3v) is 0.888. The van der Waals surface area contributed by atoms with E-state index in [0.29, 0.717) is 6.42 Å². The Morgan fingerprint density at radius 1 is 1.12 bits per heavy atom. The van der Waals surface area contributed by atoms with E-state index in [2.05, 4.69) is 9.47 Å². The van der Waals surface area contributed by atoms with Gasteiger partial charge in [0.25, 0.3) is 0 Å². The van der Waals surface area contributed by atoms with E-state index >= 15 is 0 Å². The second-order valence-electron chi connectivity index (χ2n) is 2.10. The van der Waals surface area contributed by atoms with Gasteiger partial charge in [-0.05, 0) is 6.42 Å². The fraction of sp³-hybridized carbons (Fsp3) is 0.571. The second-order valence-corrected chi connectivity index (χ2v) is 2.10. The van der Waals surface area contributed by atoms with Gasteiger partial charge in [0.2, 0.25) is 0 Å².